The van der Waals surface area contributed by atoms with Crippen molar-refractivity contribution in [2.45, 2.75) is 0 Å². The van der Waals surface area contributed by atoms with Gasteiger partial charge in [-0.3, -0.25) is 14.9 Å². The smallest absolute Gasteiger partial charge is 0.337 e. The number of carboxylic acid groups (broad SMARTS) is 1. The van der Waals surface area contributed by atoms with Crippen LogP contribution in [0.2, 0.25) is 0 Å². The Morgan fingerprint density at radius 2 is 2.12 bits per heavy atom. The lowest BCUT2D eigenvalue weighted by Gasteiger charge is -2.15. The van der Waals surface area contributed by atoms with Crippen molar-refractivity contribution in [1.82, 2.24) is 4.90 Å². The number of nitrogens with one attached hydrogen (secondary N) is 1. The van der Waals surface area contributed by atoms with Gasteiger partial charge in [-0.2, -0.15) is 0 Å². The van der Waals surface area contributed by atoms with Gasteiger partial charge >= 0.3 is 11.9 Å². The average molecular weight is 365 g/mol. The highest BCUT2D eigenvalue weighted by Gasteiger charge is 2.35. The van der Waals surface area contributed by atoms with Crippen molar-refractivity contribution in [3.63, 3.8) is 0 Å². The minimum atomic E-state index is -1.35. The van der Waals surface area contributed by atoms with Crippen molar-refractivity contribution < 1.29 is 34.3 Å². The number of nitro benzene ring substituents is 1. The molecule has 2 rings (SSSR count). The number of aliphatic hydroxyl groups is 1. The van der Waals surface area contributed by atoms with Crippen LogP contribution in [0, 0.1) is 10.1 Å². The first-order valence-electron chi connectivity index (χ1n) is 7.30. The van der Waals surface area contributed by atoms with Crippen molar-refractivity contribution in [2.24, 2.45) is 0 Å². The Morgan fingerprint density at radius 1 is 1.42 bits per heavy atom. The van der Waals surface area contributed by atoms with Gasteiger partial charge in [0.1, 0.15) is 11.4 Å². The molecular weight excluding hydrogens is 350 g/mol. The number of carbonyl (C=O) groups is 3. The molecule has 138 valence electrons. The van der Waals surface area contributed by atoms with Crippen LogP contribution in [0.3, 0.4) is 0 Å². The number of amides is 1. The van der Waals surface area contributed by atoms with Gasteiger partial charge in [0.05, 0.1) is 36.3 Å². The summed E-state index contributed by atoms with van der Waals surface area (Å²) in [6.45, 7) is -0.499. The molecule has 0 saturated heterocycles. The highest BCUT2D eigenvalue weighted by atomic mass is 16.6. The summed E-state index contributed by atoms with van der Waals surface area (Å²) in [5.41, 5.74) is -1.31. The molecule has 0 atom stereocenters. The number of aliphatic hydroxyl groups excluding tert-OH is 1. The largest absolute Gasteiger partial charge is 0.478 e. The number of benzene rings is 1. The molecule has 1 heterocycles. The summed E-state index contributed by atoms with van der Waals surface area (Å²) in [7, 11) is 1.12. The van der Waals surface area contributed by atoms with E-state index in [1.807, 2.05) is 0 Å². The quantitative estimate of drug-likeness (QED) is 0.342. The molecule has 0 saturated carbocycles. The third-order valence-corrected chi connectivity index (χ3v) is 3.65. The number of ether oxygens (including phenoxy) is 1. The summed E-state index contributed by atoms with van der Waals surface area (Å²) in [4.78, 5) is 46.9. The molecule has 0 spiro atoms. The van der Waals surface area contributed by atoms with E-state index in [0.717, 1.165) is 25.3 Å². The van der Waals surface area contributed by atoms with Crippen molar-refractivity contribution in [3.8, 4) is 0 Å². The monoisotopic (exact) mass is 365 g/mol. The zero-order chi connectivity index (χ0) is 19.4. The number of aromatic carboxylic acids is 1. The number of carboxylic acids is 1. The Bertz CT molecular complexity index is 817. The summed E-state index contributed by atoms with van der Waals surface area (Å²) >= 11 is 0. The van der Waals surface area contributed by atoms with Crippen LogP contribution in [-0.2, 0) is 14.3 Å². The van der Waals surface area contributed by atoms with Crippen LogP contribution in [0.1, 0.15) is 10.4 Å². The van der Waals surface area contributed by atoms with Crippen LogP contribution in [0.4, 0.5) is 11.4 Å². The number of anilines is 1. The molecule has 1 aromatic rings. The number of rotatable bonds is 7. The van der Waals surface area contributed by atoms with Crippen molar-refractivity contribution in [3.05, 3.63) is 45.1 Å². The third-order valence-electron chi connectivity index (χ3n) is 3.65. The second-order valence-corrected chi connectivity index (χ2v) is 5.21. The van der Waals surface area contributed by atoms with Gasteiger partial charge in [-0.25, -0.2) is 9.59 Å². The van der Waals surface area contributed by atoms with Crippen molar-refractivity contribution >= 4 is 29.2 Å². The molecule has 11 heteroatoms. The molecule has 0 fully saturated rings. The molecule has 1 aliphatic heterocycles. The fraction of sp³-hybridized carbons (Fsp3) is 0.267. The highest BCUT2D eigenvalue weighted by molar-refractivity contribution is 6.09. The number of hydrogen-bond acceptors (Lipinski definition) is 8. The number of methoxy groups -OCH3 is 1. The number of hydrogen-bond donors (Lipinski definition) is 3. The molecular formula is C15H15N3O8. The minimum Gasteiger partial charge on any atom is -0.478 e. The summed E-state index contributed by atoms with van der Waals surface area (Å²) in [6, 6.07) is 3.10. The van der Waals surface area contributed by atoms with E-state index in [4.69, 9.17) is 10.2 Å². The molecule has 0 unspecified atom stereocenters. The maximum absolute atomic E-state index is 12.4. The van der Waals surface area contributed by atoms with Crippen LogP contribution >= 0.6 is 0 Å². The Labute approximate surface area is 146 Å². The van der Waals surface area contributed by atoms with E-state index in [1.54, 1.807) is 0 Å². The van der Waals surface area contributed by atoms with Crippen LogP contribution in [-0.4, -0.2) is 64.7 Å². The number of β-amino-alcohol motifs (C(OH)–C–C–N with tert-alkyl or cyclic N) is 1. The summed E-state index contributed by atoms with van der Waals surface area (Å²) < 4.78 is 4.62. The summed E-state index contributed by atoms with van der Waals surface area (Å²) in [6.07, 6.45) is 0. The maximum atomic E-state index is 12.4. The second-order valence-electron chi connectivity index (χ2n) is 5.21. The summed E-state index contributed by atoms with van der Waals surface area (Å²) in [5.74, 6) is -2.79. The fourth-order valence-corrected chi connectivity index (χ4v) is 2.41. The van der Waals surface area contributed by atoms with E-state index in [0.29, 0.717) is 0 Å². The van der Waals surface area contributed by atoms with Gasteiger partial charge in [0.15, 0.2) is 0 Å². The van der Waals surface area contributed by atoms with E-state index in [1.165, 1.54) is 4.90 Å². The lowest BCUT2D eigenvalue weighted by molar-refractivity contribution is -0.384. The van der Waals surface area contributed by atoms with Gasteiger partial charge in [0, 0.05) is 12.6 Å². The van der Waals surface area contributed by atoms with Crippen molar-refractivity contribution in [2.75, 3.05) is 32.1 Å². The van der Waals surface area contributed by atoms with Gasteiger partial charge in [-0.1, -0.05) is 0 Å². The van der Waals surface area contributed by atoms with E-state index >= 15 is 0 Å². The predicted octanol–water partition coefficient (Wildman–Crippen LogP) is -0.0335. The molecule has 3 N–H and O–H groups in total. The van der Waals surface area contributed by atoms with Crippen molar-refractivity contribution in [1.29, 1.82) is 0 Å². The van der Waals surface area contributed by atoms with E-state index in [9.17, 15) is 24.5 Å². The van der Waals surface area contributed by atoms with Crippen LogP contribution in [0.5, 0.6) is 0 Å². The normalized spacial score (nSPS) is 13.8. The molecule has 1 amide bonds. The van der Waals surface area contributed by atoms with Gasteiger partial charge < -0.3 is 25.2 Å². The van der Waals surface area contributed by atoms with E-state index in [2.05, 4.69) is 10.1 Å². The third kappa shape index (κ3) is 3.62. The molecule has 26 heavy (non-hydrogen) atoms. The van der Waals surface area contributed by atoms with Crippen LogP contribution in [0.25, 0.3) is 0 Å². The average Bonchev–Trinajstić information content (AvgIpc) is 2.91. The zero-order valence-electron chi connectivity index (χ0n) is 13.6. The number of esters is 1. The Balaban J connectivity index is 2.46. The number of nitrogens with zero attached hydrogens (tertiary/aromatic N) is 2. The molecule has 11 nitrogen and oxygen atoms in total. The molecule has 1 aromatic carbocycles. The lowest BCUT2D eigenvalue weighted by atomic mass is 10.1. The first-order chi connectivity index (χ1) is 12.3. The zero-order valence-corrected chi connectivity index (χ0v) is 13.6. The van der Waals surface area contributed by atoms with Gasteiger partial charge in [0.25, 0.3) is 11.6 Å². The molecule has 1 aliphatic rings. The van der Waals surface area contributed by atoms with Gasteiger partial charge in [0.2, 0.25) is 0 Å². The first-order valence-corrected chi connectivity index (χ1v) is 7.30. The van der Waals surface area contributed by atoms with E-state index < -0.39 is 28.5 Å². The Hall–Kier alpha value is -3.47. The lowest BCUT2D eigenvalue weighted by Crippen LogP contribution is -2.31. The highest BCUT2D eigenvalue weighted by Crippen LogP contribution is 2.30. The molecule has 0 aromatic heterocycles. The standard InChI is InChI=1S/C15H15N3O8/c1-26-15(23)9-7-17(4-5-19)13(20)12(9)16-10-3-2-8(14(21)22)6-11(10)18(24)25/h2-3,6,16,19H,4-5,7H2,1H3,(H,21,22). The van der Waals surface area contributed by atoms with Crippen LogP contribution in [0.15, 0.2) is 29.5 Å². The van der Waals surface area contributed by atoms with E-state index in [-0.39, 0.29) is 42.2 Å². The molecule has 0 bridgehead atoms. The fourth-order valence-electron chi connectivity index (χ4n) is 2.41. The van der Waals surface area contributed by atoms with Gasteiger partial charge in [-0.05, 0) is 12.1 Å². The Morgan fingerprint density at radius 3 is 2.65 bits per heavy atom. The Kier molecular flexibility index (Phi) is 5.52. The molecule has 0 radical (unpaired) electrons. The minimum absolute atomic E-state index is 0.0371. The second kappa shape index (κ2) is 7.61. The van der Waals surface area contributed by atoms with Crippen LogP contribution < -0.4 is 5.32 Å². The number of nitro groups is 1. The maximum Gasteiger partial charge on any atom is 0.337 e. The SMILES string of the molecule is COC(=O)C1=C(Nc2ccc(C(=O)O)cc2[N+](=O)[O-])C(=O)N(CCO)C1. The first kappa shape index (κ1) is 18.9. The predicted molar refractivity (Wildman–Crippen MR) is 86.4 cm³/mol. The summed E-state index contributed by atoms with van der Waals surface area (Å²) in [5, 5.41) is 31.7. The molecule has 0 aliphatic carbocycles. The topological polar surface area (TPSA) is 159 Å². The van der Waals surface area contributed by atoms with Gasteiger partial charge in [-0.15, -0.1) is 0 Å². The number of carbonyl (C=O) groups excluding carboxylic acids is 2.